The second-order valence-electron chi connectivity index (χ2n) is 5.38. The van der Waals surface area contributed by atoms with E-state index in [1.165, 1.54) is 0 Å². The van der Waals surface area contributed by atoms with Gasteiger partial charge in [0.1, 0.15) is 0 Å². The lowest BCUT2D eigenvalue weighted by molar-refractivity contribution is -0.129. The Morgan fingerprint density at radius 1 is 1.35 bits per heavy atom. The van der Waals surface area contributed by atoms with Gasteiger partial charge in [-0.3, -0.25) is 4.79 Å². The predicted octanol–water partition coefficient (Wildman–Crippen LogP) is 1.000. The molecule has 1 aromatic rings. The van der Waals surface area contributed by atoms with E-state index < -0.39 is 0 Å². The molecule has 0 aromatic heterocycles. The maximum atomic E-state index is 12.0. The van der Waals surface area contributed by atoms with Crippen LogP contribution >= 0.6 is 0 Å². The van der Waals surface area contributed by atoms with Crippen molar-refractivity contribution >= 4 is 11.6 Å². The fourth-order valence-corrected chi connectivity index (χ4v) is 2.67. The molecule has 0 saturated carbocycles. The van der Waals surface area contributed by atoms with Gasteiger partial charge in [-0.15, -0.1) is 0 Å². The van der Waals surface area contributed by atoms with Gasteiger partial charge in [0.2, 0.25) is 5.91 Å². The number of hydrogen-bond acceptors (Lipinski definition) is 4. The maximum absolute atomic E-state index is 12.0. The number of methoxy groups -OCH3 is 1. The number of ether oxygens (including phenoxy) is 1. The molecule has 1 aromatic carbocycles. The van der Waals surface area contributed by atoms with Crippen LogP contribution in [0, 0.1) is 0 Å². The third-order valence-corrected chi connectivity index (χ3v) is 3.76. The Balaban J connectivity index is 2.21. The standard InChI is InChI=1S/C15H23N3O2/c1-17(2)12-6-4-11(5-7-12)15-13(16)10-14(19)18(15)8-9-20-3/h4-7,13,15H,8-10,16H2,1-3H3. The second kappa shape index (κ2) is 6.24. The van der Waals surface area contributed by atoms with Gasteiger partial charge in [-0.2, -0.15) is 0 Å². The molecule has 0 radical (unpaired) electrons. The fraction of sp³-hybridized carbons (Fsp3) is 0.533. The molecule has 2 N–H and O–H groups in total. The molecule has 2 rings (SSSR count). The van der Waals surface area contributed by atoms with Crippen molar-refractivity contribution in [1.29, 1.82) is 0 Å². The summed E-state index contributed by atoms with van der Waals surface area (Å²) < 4.78 is 5.08. The van der Waals surface area contributed by atoms with Crippen molar-refractivity contribution in [3.8, 4) is 0 Å². The minimum Gasteiger partial charge on any atom is -0.383 e. The molecule has 1 aliphatic rings. The van der Waals surface area contributed by atoms with Crippen molar-refractivity contribution in [2.75, 3.05) is 39.3 Å². The topological polar surface area (TPSA) is 58.8 Å². The van der Waals surface area contributed by atoms with Gasteiger partial charge in [0.15, 0.2) is 0 Å². The van der Waals surface area contributed by atoms with Crippen LogP contribution in [0.1, 0.15) is 18.0 Å². The average molecular weight is 277 g/mol. The van der Waals surface area contributed by atoms with Crippen LogP contribution in [-0.4, -0.2) is 51.2 Å². The Morgan fingerprint density at radius 2 is 2.00 bits per heavy atom. The molecular formula is C15H23N3O2. The molecular weight excluding hydrogens is 254 g/mol. The molecule has 2 atom stereocenters. The Hall–Kier alpha value is -1.59. The Labute approximate surface area is 120 Å². The number of nitrogens with zero attached hydrogens (tertiary/aromatic N) is 2. The second-order valence-corrected chi connectivity index (χ2v) is 5.38. The quantitative estimate of drug-likeness (QED) is 0.872. The Kier molecular flexibility index (Phi) is 4.62. The minimum atomic E-state index is -0.149. The van der Waals surface area contributed by atoms with Crippen molar-refractivity contribution in [2.24, 2.45) is 5.73 Å². The number of amides is 1. The normalized spacial score (nSPS) is 22.4. The van der Waals surface area contributed by atoms with E-state index in [-0.39, 0.29) is 18.0 Å². The first kappa shape index (κ1) is 14.8. The van der Waals surface area contributed by atoms with Gasteiger partial charge in [-0.25, -0.2) is 0 Å². The molecule has 20 heavy (non-hydrogen) atoms. The van der Waals surface area contributed by atoms with E-state index in [1.54, 1.807) is 7.11 Å². The highest BCUT2D eigenvalue weighted by Gasteiger charge is 2.38. The first-order valence-corrected chi connectivity index (χ1v) is 6.86. The number of nitrogens with two attached hydrogens (primary N) is 1. The van der Waals surface area contributed by atoms with Crippen molar-refractivity contribution < 1.29 is 9.53 Å². The highest BCUT2D eigenvalue weighted by Crippen LogP contribution is 2.32. The zero-order valence-electron chi connectivity index (χ0n) is 12.4. The van der Waals surface area contributed by atoms with E-state index in [0.29, 0.717) is 19.6 Å². The summed E-state index contributed by atoms with van der Waals surface area (Å²) in [5.74, 6) is 0.108. The van der Waals surface area contributed by atoms with Crippen LogP contribution in [0.3, 0.4) is 0 Å². The molecule has 0 aliphatic carbocycles. The first-order chi connectivity index (χ1) is 9.54. The predicted molar refractivity (Wildman–Crippen MR) is 79.7 cm³/mol. The molecule has 1 saturated heterocycles. The summed E-state index contributed by atoms with van der Waals surface area (Å²) in [6.45, 7) is 1.12. The van der Waals surface area contributed by atoms with Crippen LogP contribution < -0.4 is 10.6 Å². The summed E-state index contributed by atoms with van der Waals surface area (Å²) in [7, 11) is 5.65. The van der Waals surface area contributed by atoms with E-state index >= 15 is 0 Å². The van der Waals surface area contributed by atoms with E-state index in [1.807, 2.05) is 23.9 Å². The summed E-state index contributed by atoms with van der Waals surface area (Å²) in [6.07, 6.45) is 0.407. The zero-order chi connectivity index (χ0) is 14.7. The van der Waals surface area contributed by atoms with Gasteiger partial charge in [0.25, 0.3) is 0 Å². The van der Waals surface area contributed by atoms with E-state index in [9.17, 15) is 4.79 Å². The van der Waals surface area contributed by atoms with Crippen molar-refractivity contribution in [3.63, 3.8) is 0 Å². The van der Waals surface area contributed by atoms with Gasteiger partial charge in [-0.1, -0.05) is 12.1 Å². The van der Waals surface area contributed by atoms with Crippen LogP contribution in [0.25, 0.3) is 0 Å². The zero-order valence-corrected chi connectivity index (χ0v) is 12.4. The molecule has 5 nitrogen and oxygen atoms in total. The van der Waals surface area contributed by atoms with Crippen LogP contribution in [0.15, 0.2) is 24.3 Å². The number of anilines is 1. The maximum Gasteiger partial charge on any atom is 0.224 e. The first-order valence-electron chi connectivity index (χ1n) is 6.86. The third kappa shape index (κ3) is 2.94. The fourth-order valence-electron chi connectivity index (χ4n) is 2.67. The number of carbonyl (C=O) groups excluding carboxylic acids is 1. The number of benzene rings is 1. The molecule has 5 heteroatoms. The number of carbonyl (C=O) groups is 1. The lowest BCUT2D eigenvalue weighted by Gasteiger charge is -2.27. The van der Waals surface area contributed by atoms with Gasteiger partial charge in [0.05, 0.1) is 12.6 Å². The highest BCUT2D eigenvalue weighted by atomic mass is 16.5. The minimum absolute atomic E-state index is 0.0473. The Morgan fingerprint density at radius 3 is 2.55 bits per heavy atom. The van der Waals surface area contributed by atoms with Crippen LogP contribution in [0.4, 0.5) is 5.69 Å². The lowest BCUT2D eigenvalue weighted by Crippen LogP contribution is -2.35. The molecule has 0 bridgehead atoms. The smallest absolute Gasteiger partial charge is 0.224 e. The van der Waals surface area contributed by atoms with Crippen molar-refractivity contribution in [3.05, 3.63) is 29.8 Å². The average Bonchev–Trinajstić information content (AvgIpc) is 2.70. The van der Waals surface area contributed by atoms with Gasteiger partial charge in [-0.05, 0) is 17.7 Å². The summed E-state index contributed by atoms with van der Waals surface area (Å²) in [5, 5.41) is 0. The molecule has 1 amide bonds. The summed E-state index contributed by atoms with van der Waals surface area (Å²) >= 11 is 0. The van der Waals surface area contributed by atoms with Crippen LogP contribution in [-0.2, 0) is 9.53 Å². The summed E-state index contributed by atoms with van der Waals surface area (Å²) in [5.41, 5.74) is 8.37. The molecule has 110 valence electrons. The largest absolute Gasteiger partial charge is 0.383 e. The van der Waals surface area contributed by atoms with Gasteiger partial charge < -0.3 is 20.3 Å². The SMILES string of the molecule is COCCN1C(=O)CC(N)C1c1ccc(N(C)C)cc1. The Bertz CT molecular complexity index is 459. The van der Waals surface area contributed by atoms with Crippen molar-refractivity contribution in [1.82, 2.24) is 4.90 Å². The number of rotatable bonds is 5. The van der Waals surface area contributed by atoms with Crippen LogP contribution in [0.2, 0.25) is 0 Å². The highest BCUT2D eigenvalue weighted by molar-refractivity contribution is 5.80. The number of likely N-dealkylation sites (tertiary alicyclic amines) is 1. The molecule has 1 heterocycles. The third-order valence-electron chi connectivity index (χ3n) is 3.76. The molecule has 1 fully saturated rings. The molecule has 1 aliphatic heterocycles. The monoisotopic (exact) mass is 277 g/mol. The van der Waals surface area contributed by atoms with Gasteiger partial charge in [0, 0.05) is 45.9 Å². The van der Waals surface area contributed by atoms with Crippen molar-refractivity contribution in [2.45, 2.75) is 18.5 Å². The lowest BCUT2D eigenvalue weighted by atomic mass is 10.0. The number of hydrogen-bond donors (Lipinski definition) is 1. The van der Waals surface area contributed by atoms with E-state index in [2.05, 4.69) is 24.3 Å². The molecule has 2 unspecified atom stereocenters. The molecule has 0 spiro atoms. The van der Waals surface area contributed by atoms with Crippen LogP contribution in [0.5, 0.6) is 0 Å². The summed E-state index contributed by atoms with van der Waals surface area (Å²) in [6, 6.07) is 8.02. The van der Waals surface area contributed by atoms with Gasteiger partial charge >= 0.3 is 0 Å². The summed E-state index contributed by atoms with van der Waals surface area (Å²) in [4.78, 5) is 15.9. The van der Waals surface area contributed by atoms with E-state index in [0.717, 1.165) is 11.3 Å². The van der Waals surface area contributed by atoms with E-state index in [4.69, 9.17) is 10.5 Å².